The first-order chi connectivity index (χ1) is 15.6. The van der Waals surface area contributed by atoms with Gasteiger partial charge < -0.3 is 10.6 Å². The summed E-state index contributed by atoms with van der Waals surface area (Å²) in [6.07, 6.45) is 2.85. The molecule has 0 saturated carbocycles. The second kappa shape index (κ2) is 10.8. The number of thiazole rings is 1. The van der Waals surface area contributed by atoms with E-state index >= 15 is 0 Å². The van der Waals surface area contributed by atoms with Gasteiger partial charge in [0.05, 0.1) is 10.6 Å². The third-order valence-corrected chi connectivity index (χ3v) is 7.37. The molecule has 2 aromatic heterocycles. The normalized spacial score (nSPS) is 15.9. The third kappa shape index (κ3) is 6.25. The van der Waals surface area contributed by atoms with Gasteiger partial charge in [0.1, 0.15) is 6.04 Å². The number of thiophene rings is 1. The summed E-state index contributed by atoms with van der Waals surface area (Å²) in [6.45, 7) is 5.29. The summed E-state index contributed by atoms with van der Waals surface area (Å²) in [7, 11) is 0. The zero-order valence-corrected chi connectivity index (χ0v) is 19.8. The Hall–Kier alpha value is -2.55. The number of likely N-dealkylation sites (tertiary alicyclic amines) is 1. The number of carbonyl (C=O) groups is 2. The minimum absolute atomic E-state index is 0.241. The minimum atomic E-state index is -0.692. The molecule has 1 fully saturated rings. The Morgan fingerprint density at radius 1 is 1.12 bits per heavy atom. The first-order valence-corrected chi connectivity index (χ1v) is 12.7. The van der Waals surface area contributed by atoms with Crippen molar-refractivity contribution >= 4 is 39.6 Å². The molecule has 0 spiro atoms. The number of hydrogen-bond donors (Lipinski definition) is 2. The number of piperidine rings is 1. The standard InChI is InChI=1S/C24H28N4O2S2/c1-17-9-11-28(12-10-17)15-19-16-32-24(25-19)27-22(29)20(14-18-6-3-2-4-7-18)26-23(30)21-8-5-13-31-21/h2-8,13,16-17,20H,9-12,14-15H2,1H3,(H,26,30)(H,25,27,29). The molecular formula is C24H28N4O2S2. The first kappa shape index (κ1) is 22.6. The molecule has 168 valence electrons. The molecule has 1 atom stereocenters. The lowest BCUT2D eigenvalue weighted by atomic mass is 9.99. The quantitative estimate of drug-likeness (QED) is 0.513. The van der Waals surface area contributed by atoms with Crippen LogP contribution in [0.2, 0.25) is 0 Å². The van der Waals surface area contributed by atoms with Crippen molar-refractivity contribution in [2.24, 2.45) is 5.92 Å². The highest BCUT2D eigenvalue weighted by Crippen LogP contribution is 2.21. The Labute approximate surface area is 196 Å². The van der Waals surface area contributed by atoms with Gasteiger partial charge in [-0.25, -0.2) is 4.98 Å². The van der Waals surface area contributed by atoms with E-state index in [1.165, 1.54) is 35.5 Å². The molecule has 0 bridgehead atoms. The van der Waals surface area contributed by atoms with Gasteiger partial charge in [-0.3, -0.25) is 14.5 Å². The van der Waals surface area contributed by atoms with E-state index in [1.54, 1.807) is 6.07 Å². The van der Waals surface area contributed by atoms with Gasteiger partial charge in [-0.1, -0.05) is 43.3 Å². The van der Waals surface area contributed by atoms with E-state index < -0.39 is 6.04 Å². The maximum absolute atomic E-state index is 13.1. The molecule has 1 aromatic carbocycles. The van der Waals surface area contributed by atoms with Crippen LogP contribution in [0.15, 0.2) is 53.2 Å². The average Bonchev–Trinajstić information content (AvgIpc) is 3.48. The van der Waals surface area contributed by atoms with Crippen LogP contribution in [-0.2, 0) is 17.8 Å². The van der Waals surface area contributed by atoms with Gasteiger partial charge in [0.15, 0.2) is 5.13 Å². The fourth-order valence-corrected chi connectivity index (χ4v) is 5.11. The zero-order chi connectivity index (χ0) is 22.3. The molecule has 4 rings (SSSR count). The number of aromatic nitrogens is 1. The molecule has 1 aliphatic rings. The highest BCUT2D eigenvalue weighted by atomic mass is 32.1. The van der Waals surface area contributed by atoms with Crippen LogP contribution >= 0.6 is 22.7 Å². The molecular weight excluding hydrogens is 440 g/mol. The fraction of sp³-hybridized carbons (Fsp3) is 0.375. The zero-order valence-electron chi connectivity index (χ0n) is 18.1. The van der Waals surface area contributed by atoms with Crippen LogP contribution in [0.5, 0.6) is 0 Å². The molecule has 8 heteroatoms. The fourth-order valence-electron chi connectivity index (χ4n) is 3.77. The van der Waals surface area contributed by atoms with Crippen molar-refractivity contribution in [2.75, 3.05) is 18.4 Å². The van der Waals surface area contributed by atoms with E-state index in [0.717, 1.165) is 36.8 Å². The smallest absolute Gasteiger partial charge is 0.262 e. The van der Waals surface area contributed by atoms with Gasteiger partial charge in [0.25, 0.3) is 5.91 Å². The number of hydrogen-bond acceptors (Lipinski definition) is 6. The molecule has 1 saturated heterocycles. The molecule has 1 aliphatic heterocycles. The molecule has 1 unspecified atom stereocenters. The van der Waals surface area contributed by atoms with Crippen LogP contribution in [0, 0.1) is 5.92 Å². The van der Waals surface area contributed by atoms with Gasteiger partial charge in [-0.15, -0.1) is 22.7 Å². The highest BCUT2D eigenvalue weighted by Gasteiger charge is 2.24. The van der Waals surface area contributed by atoms with Crippen molar-refractivity contribution in [3.63, 3.8) is 0 Å². The summed E-state index contributed by atoms with van der Waals surface area (Å²) < 4.78 is 0. The van der Waals surface area contributed by atoms with Crippen LogP contribution in [0.25, 0.3) is 0 Å². The number of amides is 2. The summed E-state index contributed by atoms with van der Waals surface area (Å²) in [6, 6.07) is 12.6. The number of benzene rings is 1. The lowest BCUT2D eigenvalue weighted by Crippen LogP contribution is -2.45. The van der Waals surface area contributed by atoms with Crippen molar-refractivity contribution in [1.82, 2.24) is 15.2 Å². The maximum atomic E-state index is 13.1. The van der Waals surface area contributed by atoms with Crippen molar-refractivity contribution in [3.05, 3.63) is 69.4 Å². The summed E-state index contributed by atoms with van der Waals surface area (Å²) >= 11 is 2.78. The Kier molecular flexibility index (Phi) is 7.68. The monoisotopic (exact) mass is 468 g/mol. The predicted octanol–water partition coefficient (Wildman–Crippen LogP) is 4.42. The van der Waals surface area contributed by atoms with Crippen LogP contribution < -0.4 is 10.6 Å². The second-order valence-corrected chi connectivity index (χ2v) is 10.1. The lowest BCUT2D eigenvalue weighted by Gasteiger charge is -2.29. The van der Waals surface area contributed by atoms with Gasteiger partial charge in [0, 0.05) is 18.3 Å². The number of nitrogens with zero attached hydrogens (tertiary/aromatic N) is 2. The van der Waals surface area contributed by atoms with E-state index in [-0.39, 0.29) is 11.8 Å². The molecule has 32 heavy (non-hydrogen) atoms. The third-order valence-electron chi connectivity index (χ3n) is 5.69. The van der Waals surface area contributed by atoms with Crippen LogP contribution in [-0.4, -0.2) is 40.8 Å². The van der Waals surface area contributed by atoms with Gasteiger partial charge >= 0.3 is 0 Å². The van der Waals surface area contributed by atoms with E-state index in [2.05, 4.69) is 27.4 Å². The van der Waals surface area contributed by atoms with Gasteiger partial charge in [-0.2, -0.15) is 0 Å². The van der Waals surface area contributed by atoms with Crippen molar-refractivity contribution < 1.29 is 9.59 Å². The summed E-state index contributed by atoms with van der Waals surface area (Å²) in [4.78, 5) is 33.3. The number of rotatable bonds is 8. The lowest BCUT2D eigenvalue weighted by molar-refractivity contribution is -0.118. The van der Waals surface area contributed by atoms with Gasteiger partial charge in [-0.05, 0) is 48.9 Å². The number of anilines is 1. The largest absolute Gasteiger partial charge is 0.339 e. The molecule has 2 amide bonds. The maximum Gasteiger partial charge on any atom is 0.262 e. The van der Waals surface area contributed by atoms with Crippen molar-refractivity contribution in [1.29, 1.82) is 0 Å². The number of nitrogens with one attached hydrogen (secondary N) is 2. The van der Waals surface area contributed by atoms with E-state index in [0.29, 0.717) is 16.4 Å². The van der Waals surface area contributed by atoms with E-state index in [4.69, 9.17) is 0 Å². The predicted molar refractivity (Wildman–Crippen MR) is 130 cm³/mol. The van der Waals surface area contributed by atoms with Crippen molar-refractivity contribution in [2.45, 2.75) is 38.8 Å². The van der Waals surface area contributed by atoms with Gasteiger partial charge in [0.2, 0.25) is 5.91 Å². The molecule has 2 N–H and O–H groups in total. The summed E-state index contributed by atoms with van der Waals surface area (Å²) in [5.74, 6) is 0.296. The second-order valence-electron chi connectivity index (χ2n) is 8.28. The van der Waals surface area contributed by atoms with Crippen molar-refractivity contribution in [3.8, 4) is 0 Å². The number of carbonyl (C=O) groups excluding carboxylic acids is 2. The molecule has 0 radical (unpaired) electrons. The summed E-state index contributed by atoms with van der Waals surface area (Å²) in [5.41, 5.74) is 1.96. The first-order valence-electron chi connectivity index (χ1n) is 10.9. The topological polar surface area (TPSA) is 74.3 Å². The molecule has 6 nitrogen and oxygen atoms in total. The molecule has 3 heterocycles. The Bertz CT molecular complexity index is 1010. The minimum Gasteiger partial charge on any atom is -0.339 e. The summed E-state index contributed by atoms with van der Waals surface area (Å²) in [5, 5.41) is 10.2. The van der Waals surface area contributed by atoms with E-state index in [9.17, 15) is 9.59 Å². The van der Waals surface area contributed by atoms with Crippen LogP contribution in [0.1, 0.15) is 40.7 Å². The molecule has 0 aliphatic carbocycles. The SMILES string of the molecule is CC1CCN(Cc2csc(NC(=O)C(Cc3ccccc3)NC(=O)c3cccs3)n2)CC1. The Morgan fingerprint density at radius 2 is 1.91 bits per heavy atom. The highest BCUT2D eigenvalue weighted by molar-refractivity contribution is 7.14. The Balaban J connectivity index is 1.40. The van der Waals surface area contributed by atoms with Crippen LogP contribution in [0.4, 0.5) is 5.13 Å². The average molecular weight is 469 g/mol. The van der Waals surface area contributed by atoms with Crippen LogP contribution in [0.3, 0.4) is 0 Å². The van der Waals surface area contributed by atoms with E-state index in [1.807, 2.05) is 47.2 Å². The Morgan fingerprint density at radius 3 is 2.62 bits per heavy atom. The molecule has 3 aromatic rings.